The number of hydrogen-bond donors (Lipinski definition) is 1. The van der Waals surface area contributed by atoms with E-state index in [-0.39, 0.29) is 22.6 Å². The van der Waals surface area contributed by atoms with Crippen molar-refractivity contribution in [2.75, 3.05) is 0 Å². The molecule has 0 aliphatic carbocycles. The quantitative estimate of drug-likeness (QED) is 0.895. The molecule has 0 atom stereocenters. The smallest absolute Gasteiger partial charge is 0.481 e. The normalized spacial score (nSPS) is 11.3. The Morgan fingerprint density at radius 1 is 1.09 bits per heavy atom. The van der Waals surface area contributed by atoms with Crippen LogP contribution in [0.4, 0.5) is 13.2 Å². The van der Waals surface area contributed by atoms with E-state index in [0.29, 0.717) is 5.56 Å². The fourth-order valence-electron chi connectivity index (χ4n) is 1.99. The lowest BCUT2D eigenvalue weighted by Gasteiger charge is -2.15. The van der Waals surface area contributed by atoms with E-state index >= 15 is 0 Å². The van der Waals surface area contributed by atoms with Crippen LogP contribution in [0.15, 0.2) is 42.5 Å². The molecule has 116 valence electrons. The van der Waals surface area contributed by atoms with Crippen LogP contribution in [0, 0.1) is 0 Å². The summed E-state index contributed by atoms with van der Waals surface area (Å²) in [7, 11) is 0. The number of alkyl halides is 3. The zero-order chi connectivity index (χ0) is 16.3. The first kappa shape index (κ1) is 16.2. The number of ether oxygens (including phenoxy) is 1. The van der Waals surface area contributed by atoms with Gasteiger partial charge in [0.15, 0.2) is 0 Å². The maximum absolute atomic E-state index is 12.5. The van der Waals surface area contributed by atoms with Crippen LogP contribution >= 0.6 is 11.6 Å². The minimum Gasteiger partial charge on any atom is -0.481 e. The van der Waals surface area contributed by atoms with Gasteiger partial charge in [-0.3, -0.25) is 4.79 Å². The molecule has 0 radical (unpaired) electrons. The second-order valence-corrected chi connectivity index (χ2v) is 4.77. The van der Waals surface area contributed by atoms with Crippen LogP contribution < -0.4 is 4.74 Å². The van der Waals surface area contributed by atoms with Crippen LogP contribution in [0.1, 0.15) is 5.56 Å². The van der Waals surface area contributed by atoms with E-state index in [1.807, 2.05) is 0 Å². The number of hydrogen-bond acceptors (Lipinski definition) is 2. The first-order valence-electron chi connectivity index (χ1n) is 6.12. The molecular weight excluding hydrogens is 321 g/mol. The number of carboxylic acids is 1. The third-order valence-electron chi connectivity index (χ3n) is 2.82. The molecule has 2 aromatic carbocycles. The summed E-state index contributed by atoms with van der Waals surface area (Å²) in [6, 6.07) is 10.1. The predicted octanol–water partition coefficient (Wildman–Crippen LogP) is 4.53. The number of halogens is 4. The third-order valence-corrected chi connectivity index (χ3v) is 3.27. The van der Waals surface area contributed by atoms with Gasteiger partial charge in [-0.05, 0) is 11.6 Å². The molecule has 0 spiro atoms. The molecule has 0 saturated heterocycles. The van der Waals surface area contributed by atoms with E-state index in [0.717, 1.165) is 0 Å². The van der Waals surface area contributed by atoms with Gasteiger partial charge >= 0.3 is 12.3 Å². The van der Waals surface area contributed by atoms with Crippen molar-refractivity contribution in [3.05, 3.63) is 53.1 Å². The fourth-order valence-corrected chi connectivity index (χ4v) is 2.28. The summed E-state index contributed by atoms with van der Waals surface area (Å²) in [5, 5.41) is 8.91. The SMILES string of the molecule is O=C(O)Cc1cccc(-c2ccccc2OC(F)(F)F)c1Cl. The lowest BCUT2D eigenvalue weighted by Crippen LogP contribution is -2.17. The molecule has 2 aromatic rings. The van der Waals surface area contributed by atoms with Crippen molar-refractivity contribution in [3.63, 3.8) is 0 Å². The lowest BCUT2D eigenvalue weighted by molar-refractivity contribution is -0.274. The summed E-state index contributed by atoms with van der Waals surface area (Å²) < 4.78 is 41.4. The number of carbonyl (C=O) groups is 1. The summed E-state index contributed by atoms with van der Waals surface area (Å²) in [5.74, 6) is -1.48. The van der Waals surface area contributed by atoms with Crippen LogP contribution in [0.3, 0.4) is 0 Å². The van der Waals surface area contributed by atoms with Gasteiger partial charge in [0.2, 0.25) is 0 Å². The molecule has 22 heavy (non-hydrogen) atoms. The average Bonchev–Trinajstić information content (AvgIpc) is 2.40. The first-order chi connectivity index (χ1) is 10.3. The predicted molar refractivity (Wildman–Crippen MR) is 74.9 cm³/mol. The summed E-state index contributed by atoms with van der Waals surface area (Å²) in [6.07, 6.45) is -5.16. The Kier molecular flexibility index (Phi) is 4.61. The number of aliphatic carboxylic acids is 1. The summed E-state index contributed by atoms with van der Waals surface area (Å²) in [6.45, 7) is 0. The van der Waals surface area contributed by atoms with Gasteiger partial charge in [-0.25, -0.2) is 0 Å². The Hall–Kier alpha value is -2.21. The molecule has 0 fully saturated rings. The van der Waals surface area contributed by atoms with Crippen LogP contribution in [0.5, 0.6) is 5.75 Å². The van der Waals surface area contributed by atoms with Crippen molar-refractivity contribution < 1.29 is 27.8 Å². The van der Waals surface area contributed by atoms with Gasteiger partial charge in [0.25, 0.3) is 0 Å². The molecule has 0 heterocycles. The Morgan fingerprint density at radius 2 is 1.73 bits per heavy atom. The van der Waals surface area contributed by atoms with Crippen molar-refractivity contribution in [3.8, 4) is 16.9 Å². The molecule has 1 N–H and O–H groups in total. The van der Waals surface area contributed by atoms with Crippen molar-refractivity contribution >= 4 is 17.6 Å². The number of carboxylic acid groups (broad SMARTS) is 1. The first-order valence-corrected chi connectivity index (χ1v) is 6.50. The van der Waals surface area contributed by atoms with Gasteiger partial charge in [0.1, 0.15) is 5.75 Å². The zero-order valence-corrected chi connectivity index (χ0v) is 11.8. The molecule has 7 heteroatoms. The van der Waals surface area contributed by atoms with Crippen LogP contribution in [0.25, 0.3) is 11.1 Å². The Bertz CT molecular complexity index is 699. The lowest BCUT2D eigenvalue weighted by atomic mass is 10.0. The highest BCUT2D eigenvalue weighted by Crippen LogP contribution is 2.38. The molecule has 0 aromatic heterocycles. The standard InChI is InChI=1S/C15H10ClF3O3/c16-14-9(8-13(20)21)4-3-6-11(14)10-5-1-2-7-12(10)22-15(17,18)19/h1-7H,8H2,(H,20,21). The molecule has 2 rings (SSSR count). The maximum Gasteiger partial charge on any atom is 0.573 e. The molecule has 0 aliphatic heterocycles. The summed E-state index contributed by atoms with van der Waals surface area (Å²) >= 11 is 6.13. The highest BCUT2D eigenvalue weighted by Gasteiger charge is 2.32. The van der Waals surface area contributed by atoms with E-state index in [1.165, 1.54) is 36.4 Å². The van der Waals surface area contributed by atoms with E-state index in [1.54, 1.807) is 6.07 Å². The minimum absolute atomic E-state index is 0.0862. The van der Waals surface area contributed by atoms with Crippen molar-refractivity contribution in [1.82, 2.24) is 0 Å². The number of benzene rings is 2. The molecule has 0 saturated carbocycles. The monoisotopic (exact) mass is 330 g/mol. The van der Waals surface area contributed by atoms with Gasteiger partial charge in [-0.2, -0.15) is 0 Å². The number of para-hydroxylation sites is 1. The summed E-state index contributed by atoms with van der Waals surface area (Å²) in [5.41, 5.74) is 0.728. The molecule has 0 aliphatic rings. The summed E-state index contributed by atoms with van der Waals surface area (Å²) in [4.78, 5) is 10.8. The average molecular weight is 331 g/mol. The van der Waals surface area contributed by atoms with Gasteiger partial charge in [0, 0.05) is 11.1 Å². The highest BCUT2D eigenvalue weighted by atomic mass is 35.5. The molecular formula is C15H10ClF3O3. The maximum atomic E-state index is 12.5. The van der Waals surface area contributed by atoms with E-state index in [4.69, 9.17) is 16.7 Å². The second-order valence-electron chi connectivity index (χ2n) is 4.39. The highest BCUT2D eigenvalue weighted by molar-refractivity contribution is 6.34. The fraction of sp³-hybridized carbons (Fsp3) is 0.133. The Labute approximate surface area is 128 Å². The van der Waals surface area contributed by atoms with E-state index in [9.17, 15) is 18.0 Å². The largest absolute Gasteiger partial charge is 0.573 e. The molecule has 0 bridgehead atoms. The third kappa shape index (κ3) is 3.92. The number of rotatable bonds is 4. The minimum atomic E-state index is -4.83. The molecule has 0 unspecified atom stereocenters. The second kappa shape index (κ2) is 6.27. The Morgan fingerprint density at radius 3 is 2.36 bits per heavy atom. The van der Waals surface area contributed by atoms with E-state index < -0.39 is 18.1 Å². The molecule has 3 nitrogen and oxygen atoms in total. The van der Waals surface area contributed by atoms with Gasteiger partial charge < -0.3 is 9.84 Å². The van der Waals surface area contributed by atoms with Crippen molar-refractivity contribution in [2.24, 2.45) is 0 Å². The van der Waals surface area contributed by atoms with Gasteiger partial charge in [-0.1, -0.05) is 48.0 Å². The Balaban J connectivity index is 2.51. The van der Waals surface area contributed by atoms with E-state index in [2.05, 4.69) is 4.74 Å². The van der Waals surface area contributed by atoms with Crippen LogP contribution in [-0.2, 0) is 11.2 Å². The van der Waals surface area contributed by atoms with Crippen molar-refractivity contribution in [1.29, 1.82) is 0 Å². The van der Waals surface area contributed by atoms with Gasteiger partial charge in [-0.15, -0.1) is 13.2 Å². The zero-order valence-electron chi connectivity index (χ0n) is 11.0. The topological polar surface area (TPSA) is 46.5 Å². The van der Waals surface area contributed by atoms with Crippen LogP contribution in [-0.4, -0.2) is 17.4 Å². The van der Waals surface area contributed by atoms with Crippen molar-refractivity contribution in [2.45, 2.75) is 12.8 Å². The van der Waals surface area contributed by atoms with Gasteiger partial charge in [0.05, 0.1) is 11.4 Å². The van der Waals surface area contributed by atoms with Crippen LogP contribution in [0.2, 0.25) is 5.02 Å². The molecule has 0 amide bonds.